The zero-order chi connectivity index (χ0) is 20.7. The van der Waals surface area contributed by atoms with Crippen molar-refractivity contribution in [3.05, 3.63) is 65.5 Å². The van der Waals surface area contributed by atoms with Gasteiger partial charge in [0, 0.05) is 31.9 Å². The molecular formula is C21H23F3N2O3. The number of rotatable bonds is 7. The summed E-state index contributed by atoms with van der Waals surface area (Å²) in [6, 6.07) is 8.83. The van der Waals surface area contributed by atoms with Crippen molar-refractivity contribution in [2.45, 2.75) is 31.7 Å². The molecule has 1 fully saturated rings. The van der Waals surface area contributed by atoms with E-state index in [2.05, 4.69) is 4.98 Å². The van der Waals surface area contributed by atoms with E-state index in [0.717, 1.165) is 17.7 Å². The molecule has 3 rings (SSSR count). The maximum absolute atomic E-state index is 12.8. The van der Waals surface area contributed by atoms with Gasteiger partial charge in [0.15, 0.2) is 0 Å². The van der Waals surface area contributed by atoms with Crippen molar-refractivity contribution < 1.29 is 27.4 Å². The summed E-state index contributed by atoms with van der Waals surface area (Å²) < 4.78 is 49.5. The Kier molecular flexibility index (Phi) is 7.22. The zero-order valence-electron chi connectivity index (χ0n) is 15.9. The fourth-order valence-electron chi connectivity index (χ4n) is 3.15. The fraction of sp³-hybridized carbons (Fsp3) is 0.429. The molecule has 1 amide bonds. The first-order valence-corrected chi connectivity index (χ1v) is 9.44. The summed E-state index contributed by atoms with van der Waals surface area (Å²) >= 11 is 0. The minimum absolute atomic E-state index is 0.0417. The molecule has 8 heteroatoms. The van der Waals surface area contributed by atoms with Gasteiger partial charge in [0.1, 0.15) is 0 Å². The van der Waals surface area contributed by atoms with Gasteiger partial charge >= 0.3 is 6.18 Å². The second-order valence-corrected chi connectivity index (χ2v) is 6.91. The number of alkyl halides is 3. The van der Waals surface area contributed by atoms with Gasteiger partial charge in [0.25, 0.3) is 0 Å². The largest absolute Gasteiger partial charge is 0.416 e. The summed E-state index contributed by atoms with van der Waals surface area (Å²) in [7, 11) is 0. The van der Waals surface area contributed by atoms with E-state index in [4.69, 9.17) is 9.47 Å². The highest BCUT2D eigenvalue weighted by atomic mass is 19.4. The molecule has 1 saturated heterocycles. The second kappa shape index (κ2) is 9.84. The number of aromatic nitrogens is 1. The number of carbonyl (C=O) groups excluding carboxylic acids is 1. The molecule has 2 aromatic rings. The van der Waals surface area contributed by atoms with Crippen molar-refractivity contribution >= 4 is 5.91 Å². The van der Waals surface area contributed by atoms with E-state index in [1.807, 2.05) is 12.1 Å². The summed E-state index contributed by atoms with van der Waals surface area (Å²) in [4.78, 5) is 18.2. The minimum atomic E-state index is -4.38. The third-order valence-electron chi connectivity index (χ3n) is 4.67. The molecule has 1 aliphatic rings. The molecule has 156 valence electrons. The maximum Gasteiger partial charge on any atom is 0.416 e. The lowest BCUT2D eigenvalue weighted by molar-refractivity contribution is -0.141. The predicted octanol–water partition coefficient (Wildman–Crippen LogP) is 3.48. The van der Waals surface area contributed by atoms with Gasteiger partial charge in [-0.25, -0.2) is 0 Å². The van der Waals surface area contributed by atoms with E-state index in [1.165, 1.54) is 6.07 Å². The average molecular weight is 408 g/mol. The second-order valence-electron chi connectivity index (χ2n) is 6.91. The third kappa shape index (κ3) is 6.54. The van der Waals surface area contributed by atoms with Gasteiger partial charge in [0.05, 0.1) is 31.5 Å². The first kappa shape index (κ1) is 21.3. The van der Waals surface area contributed by atoms with Gasteiger partial charge in [-0.1, -0.05) is 18.2 Å². The molecular weight excluding hydrogens is 385 g/mol. The smallest absolute Gasteiger partial charge is 0.374 e. The SMILES string of the molecule is O=C(CCc1cccnc1)N1CCOC(COCc2cccc(C(F)(F)F)c2)C1. The number of amides is 1. The minimum Gasteiger partial charge on any atom is -0.374 e. The maximum atomic E-state index is 12.8. The summed E-state index contributed by atoms with van der Waals surface area (Å²) in [5.41, 5.74) is 0.757. The molecule has 0 radical (unpaired) electrons. The number of ether oxygens (including phenoxy) is 2. The molecule has 5 nitrogen and oxygen atoms in total. The number of halogens is 3. The van der Waals surface area contributed by atoms with Crippen LogP contribution in [-0.2, 0) is 33.5 Å². The van der Waals surface area contributed by atoms with E-state index in [-0.39, 0.29) is 25.2 Å². The highest BCUT2D eigenvalue weighted by Gasteiger charge is 2.30. The van der Waals surface area contributed by atoms with Crippen molar-refractivity contribution in [2.24, 2.45) is 0 Å². The van der Waals surface area contributed by atoms with Crippen LogP contribution in [0.25, 0.3) is 0 Å². The number of pyridine rings is 1. The van der Waals surface area contributed by atoms with Crippen molar-refractivity contribution in [1.82, 2.24) is 9.88 Å². The van der Waals surface area contributed by atoms with E-state index in [1.54, 1.807) is 23.4 Å². The molecule has 1 aromatic heterocycles. The Bertz CT molecular complexity index is 799. The zero-order valence-corrected chi connectivity index (χ0v) is 15.9. The number of carbonyl (C=O) groups is 1. The third-order valence-corrected chi connectivity index (χ3v) is 4.67. The monoisotopic (exact) mass is 408 g/mol. The highest BCUT2D eigenvalue weighted by Crippen LogP contribution is 2.29. The van der Waals surface area contributed by atoms with Gasteiger partial charge in [0.2, 0.25) is 5.91 Å². The van der Waals surface area contributed by atoms with Crippen LogP contribution in [0.1, 0.15) is 23.1 Å². The van der Waals surface area contributed by atoms with Crippen molar-refractivity contribution in [3.63, 3.8) is 0 Å². The Labute approximate surface area is 167 Å². The molecule has 29 heavy (non-hydrogen) atoms. The van der Waals surface area contributed by atoms with Gasteiger partial charge < -0.3 is 14.4 Å². The van der Waals surface area contributed by atoms with Crippen LogP contribution in [0.4, 0.5) is 13.2 Å². The van der Waals surface area contributed by atoms with Gasteiger partial charge in [-0.15, -0.1) is 0 Å². The number of hydrogen-bond donors (Lipinski definition) is 0. The van der Waals surface area contributed by atoms with Crippen LogP contribution in [0.3, 0.4) is 0 Å². The van der Waals surface area contributed by atoms with Gasteiger partial charge in [-0.05, 0) is 35.7 Å². The van der Waals surface area contributed by atoms with Crippen LogP contribution in [0.2, 0.25) is 0 Å². The van der Waals surface area contributed by atoms with E-state index < -0.39 is 11.7 Å². The number of benzene rings is 1. The van der Waals surface area contributed by atoms with Crippen LogP contribution in [0.5, 0.6) is 0 Å². The number of aryl methyl sites for hydroxylation is 1. The molecule has 1 aromatic carbocycles. The molecule has 1 unspecified atom stereocenters. The summed E-state index contributed by atoms with van der Waals surface area (Å²) in [5, 5.41) is 0. The Hall–Kier alpha value is -2.45. The van der Waals surface area contributed by atoms with E-state index >= 15 is 0 Å². The molecule has 0 N–H and O–H groups in total. The Morgan fingerprint density at radius 2 is 2.07 bits per heavy atom. The predicted molar refractivity (Wildman–Crippen MR) is 100.0 cm³/mol. The average Bonchev–Trinajstić information content (AvgIpc) is 2.73. The quantitative estimate of drug-likeness (QED) is 0.704. The lowest BCUT2D eigenvalue weighted by Gasteiger charge is -2.33. The van der Waals surface area contributed by atoms with Crippen LogP contribution < -0.4 is 0 Å². The summed E-state index contributed by atoms with van der Waals surface area (Å²) in [6.45, 7) is 1.61. The normalized spacial score (nSPS) is 17.3. The lowest BCUT2D eigenvalue weighted by atomic mass is 10.1. The molecule has 0 aliphatic carbocycles. The van der Waals surface area contributed by atoms with E-state index in [0.29, 0.717) is 38.1 Å². The molecule has 0 saturated carbocycles. The van der Waals surface area contributed by atoms with Crippen molar-refractivity contribution in [2.75, 3.05) is 26.3 Å². The highest BCUT2D eigenvalue weighted by molar-refractivity contribution is 5.76. The Balaban J connectivity index is 1.43. The first-order valence-electron chi connectivity index (χ1n) is 9.44. The van der Waals surface area contributed by atoms with Crippen molar-refractivity contribution in [1.29, 1.82) is 0 Å². The summed E-state index contributed by atoms with van der Waals surface area (Å²) in [5.74, 6) is 0.0417. The Morgan fingerprint density at radius 3 is 2.83 bits per heavy atom. The van der Waals surface area contributed by atoms with Crippen LogP contribution >= 0.6 is 0 Å². The van der Waals surface area contributed by atoms with Crippen molar-refractivity contribution in [3.8, 4) is 0 Å². The van der Waals surface area contributed by atoms with Gasteiger partial charge in [-0.3, -0.25) is 9.78 Å². The number of hydrogen-bond acceptors (Lipinski definition) is 4. The lowest BCUT2D eigenvalue weighted by Crippen LogP contribution is -2.47. The molecule has 1 aliphatic heterocycles. The fourth-order valence-corrected chi connectivity index (χ4v) is 3.15. The number of nitrogens with zero attached hydrogens (tertiary/aromatic N) is 2. The molecule has 0 bridgehead atoms. The summed E-state index contributed by atoms with van der Waals surface area (Å²) in [6.07, 6.45) is -0.213. The Morgan fingerprint density at radius 1 is 1.24 bits per heavy atom. The van der Waals surface area contributed by atoms with Gasteiger partial charge in [-0.2, -0.15) is 13.2 Å². The topological polar surface area (TPSA) is 51.7 Å². The van der Waals surface area contributed by atoms with Crippen LogP contribution in [-0.4, -0.2) is 48.2 Å². The first-order chi connectivity index (χ1) is 13.9. The van der Waals surface area contributed by atoms with E-state index in [9.17, 15) is 18.0 Å². The van der Waals surface area contributed by atoms with Crippen LogP contribution in [0.15, 0.2) is 48.8 Å². The molecule has 0 spiro atoms. The van der Waals surface area contributed by atoms with Crippen LogP contribution in [0, 0.1) is 0 Å². The standard InChI is InChI=1S/C21H23F3N2O3/c22-21(23,24)18-5-1-3-17(11-18)14-28-15-19-13-26(9-10-29-19)20(27)7-6-16-4-2-8-25-12-16/h1-5,8,11-12,19H,6-7,9-10,13-15H2. The molecule has 2 heterocycles. The number of morpholine rings is 1. The molecule has 1 atom stereocenters.